The molecule has 0 aliphatic carbocycles. The van der Waals surface area contributed by atoms with Crippen LogP contribution in [0.1, 0.15) is 71.4 Å². The van der Waals surface area contributed by atoms with Crippen molar-refractivity contribution < 1.29 is 9.90 Å². The summed E-state index contributed by atoms with van der Waals surface area (Å²) in [6, 6.07) is 4.94. The molecule has 0 saturated heterocycles. The third-order valence-corrected chi connectivity index (χ3v) is 4.23. The molecule has 4 nitrogen and oxygen atoms in total. The number of hydrogen-bond donors (Lipinski definition) is 3. The topological polar surface area (TPSA) is 89.3 Å². The molecule has 2 atom stereocenters. The molecule has 1 aromatic rings. The van der Waals surface area contributed by atoms with Crippen LogP contribution in [0.5, 0.6) is 5.75 Å². The van der Waals surface area contributed by atoms with E-state index < -0.39 is 6.04 Å². The second-order valence-corrected chi connectivity index (χ2v) is 8.93. The highest BCUT2D eigenvalue weighted by atomic mass is 16.3. The Balaban J connectivity index is 3.32. The zero-order chi connectivity index (χ0) is 18.7. The Morgan fingerprint density at radius 2 is 1.75 bits per heavy atom. The van der Waals surface area contributed by atoms with Gasteiger partial charge in [0.15, 0.2) is 5.78 Å². The van der Waals surface area contributed by atoms with E-state index in [2.05, 4.69) is 20.8 Å². The number of benzene rings is 1. The van der Waals surface area contributed by atoms with Crippen LogP contribution in [0.25, 0.3) is 0 Å². The standard InChI is InChI=1S/C20H34N2O2/c1-19(2,3)12-14(18(24)16(22)9-10-21)13-7-8-17(23)15(11-13)20(4,5)6/h7-8,11,14,16,23H,9-10,12,21-22H2,1-6H3. The maximum absolute atomic E-state index is 12.9. The van der Waals surface area contributed by atoms with Crippen LogP contribution in [0, 0.1) is 5.41 Å². The molecule has 0 aliphatic rings. The number of carbonyl (C=O) groups excluding carboxylic acids is 1. The van der Waals surface area contributed by atoms with E-state index in [0.29, 0.717) is 19.4 Å². The fourth-order valence-corrected chi connectivity index (χ4v) is 2.95. The maximum atomic E-state index is 12.9. The molecule has 24 heavy (non-hydrogen) atoms. The monoisotopic (exact) mass is 334 g/mol. The molecule has 2 unspecified atom stereocenters. The van der Waals surface area contributed by atoms with Crippen LogP contribution in [0.2, 0.25) is 0 Å². The minimum atomic E-state index is -0.547. The van der Waals surface area contributed by atoms with Gasteiger partial charge >= 0.3 is 0 Å². The van der Waals surface area contributed by atoms with Gasteiger partial charge in [0.25, 0.3) is 0 Å². The molecule has 1 rings (SSSR count). The summed E-state index contributed by atoms with van der Waals surface area (Å²) in [5.41, 5.74) is 13.2. The van der Waals surface area contributed by atoms with E-state index in [4.69, 9.17) is 11.5 Å². The Bertz CT molecular complexity index is 568. The Morgan fingerprint density at radius 3 is 2.21 bits per heavy atom. The molecule has 0 fully saturated rings. The van der Waals surface area contributed by atoms with Crippen molar-refractivity contribution in [2.24, 2.45) is 16.9 Å². The first kappa shape index (κ1) is 20.7. The normalized spacial score (nSPS) is 15.2. The summed E-state index contributed by atoms with van der Waals surface area (Å²) in [7, 11) is 0. The molecule has 0 aromatic heterocycles. The van der Waals surface area contributed by atoms with Gasteiger partial charge in [-0.05, 0) is 47.4 Å². The van der Waals surface area contributed by atoms with Gasteiger partial charge in [-0.1, -0.05) is 53.7 Å². The van der Waals surface area contributed by atoms with Crippen LogP contribution in [-0.4, -0.2) is 23.5 Å². The molecule has 0 saturated carbocycles. The molecule has 0 bridgehead atoms. The number of hydrogen-bond acceptors (Lipinski definition) is 4. The van der Waals surface area contributed by atoms with Crippen LogP contribution in [0.4, 0.5) is 0 Å². The molecule has 0 amide bonds. The second kappa shape index (κ2) is 7.66. The first-order valence-electron chi connectivity index (χ1n) is 8.69. The van der Waals surface area contributed by atoms with Crippen molar-refractivity contribution in [1.82, 2.24) is 0 Å². The summed E-state index contributed by atoms with van der Waals surface area (Å²) >= 11 is 0. The smallest absolute Gasteiger partial charge is 0.157 e. The Morgan fingerprint density at radius 1 is 1.17 bits per heavy atom. The molecular weight excluding hydrogens is 300 g/mol. The van der Waals surface area contributed by atoms with Crippen LogP contribution in [-0.2, 0) is 10.2 Å². The molecule has 0 heterocycles. The number of ketones is 1. The van der Waals surface area contributed by atoms with Crippen molar-refractivity contribution >= 4 is 5.78 Å². The molecule has 0 spiro atoms. The summed E-state index contributed by atoms with van der Waals surface area (Å²) in [4.78, 5) is 12.9. The van der Waals surface area contributed by atoms with Gasteiger partial charge in [-0.15, -0.1) is 0 Å². The largest absolute Gasteiger partial charge is 0.508 e. The maximum Gasteiger partial charge on any atom is 0.157 e. The predicted octanol–water partition coefficient (Wildman–Crippen LogP) is 3.45. The van der Waals surface area contributed by atoms with Crippen LogP contribution >= 0.6 is 0 Å². The van der Waals surface area contributed by atoms with Crippen molar-refractivity contribution in [2.75, 3.05) is 6.54 Å². The molecule has 0 radical (unpaired) electrons. The van der Waals surface area contributed by atoms with Gasteiger partial charge in [0.2, 0.25) is 0 Å². The van der Waals surface area contributed by atoms with Crippen molar-refractivity contribution in [3.8, 4) is 5.75 Å². The highest BCUT2D eigenvalue weighted by Crippen LogP contribution is 2.37. The molecular formula is C20H34N2O2. The number of aromatic hydroxyl groups is 1. The Hall–Kier alpha value is -1.39. The van der Waals surface area contributed by atoms with E-state index in [1.54, 1.807) is 6.07 Å². The van der Waals surface area contributed by atoms with Crippen molar-refractivity contribution in [3.05, 3.63) is 29.3 Å². The highest BCUT2D eigenvalue weighted by Gasteiger charge is 2.31. The van der Waals surface area contributed by atoms with E-state index in [1.165, 1.54) is 0 Å². The fourth-order valence-electron chi connectivity index (χ4n) is 2.95. The van der Waals surface area contributed by atoms with Crippen molar-refractivity contribution in [2.45, 2.75) is 71.8 Å². The number of nitrogens with two attached hydrogens (primary N) is 2. The molecule has 136 valence electrons. The summed E-state index contributed by atoms with van der Waals surface area (Å²) in [5, 5.41) is 10.2. The lowest BCUT2D eigenvalue weighted by atomic mass is 9.76. The van der Waals surface area contributed by atoms with E-state index >= 15 is 0 Å². The third-order valence-electron chi connectivity index (χ3n) is 4.23. The SMILES string of the molecule is CC(C)(C)CC(C(=O)C(N)CCN)c1ccc(O)c(C(C)(C)C)c1. The second-order valence-electron chi connectivity index (χ2n) is 8.93. The summed E-state index contributed by atoms with van der Waals surface area (Å²) in [5.74, 6) is 0.00800. The van der Waals surface area contributed by atoms with E-state index in [1.807, 2.05) is 32.9 Å². The highest BCUT2D eigenvalue weighted by molar-refractivity contribution is 5.90. The Kier molecular flexibility index (Phi) is 6.59. The first-order valence-corrected chi connectivity index (χ1v) is 8.69. The molecule has 1 aromatic carbocycles. The quantitative estimate of drug-likeness (QED) is 0.743. The third kappa shape index (κ3) is 5.60. The summed E-state index contributed by atoms with van der Waals surface area (Å²) in [6.07, 6.45) is 1.20. The van der Waals surface area contributed by atoms with Crippen LogP contribution in [0.15, 0.2) is 18.2 Å². The number of Topliss-reactive ketones (excluding diaryl/α,β-unsaturated/α-hetero) is 1. The van der Waals surface area contributed by atoms with E-state index in [9.17, 15) is 9.90 Å². The number of phenols is 1. The lowest BCUT2D eigenvalue weighted by Crippen LogP contribution is -2.37. The summed E-state index contributed by atoms with van der Waals surface area (Å²) < 4.78 is 0. The molecule has 5 N–H and O–H groups in total. The average Bonchev–Trinajstić information content (AvgIpc) is 2.42. The fraction of sp³-hybridized carbons (Fsp3) is 0.650. The predicted molar refractivity (Wildman–Crippen MR) is 100 cm³/mol. The van der Waals surface area contributed by atoms with E-state index in [0.717, 1.165) is 11.1 Å². The minimum Gasteiger partial charge on any atom is -0.508 e. The Labute approximate surface area is 146 Å². The lowest BCUT2D eigenvalue weighted by Gasteiger charge is -2.29. The van der Waals surface area contributed by atoms with Crippen molar-refractivity contribution in [1.29, 1.82) is 0 Å². The van der Waals surface area contributed by atoms with Gasteiger partial charge in [-0.25, -0.2) is 0 Å². The number of phenolic OH excluding ortho intramolecular Hbond substituents is 1. The van der Waals surface area contributed by atoms with Gasteiger partial charge in [0.05, 0.1) is 6.04 Å². The van der Waals surface area contributed by atoms with Gasteiger partial charge in [0.1, 0.15) is 5.75 Å². The van der Waals surface area contributed by atoms with E-state index in [-0.39, 0.29) is 28.3 Å². The zero-order valence-electron chi connectivity index (χ0n) is 16.0. The number of carbonyl (C=O) groups is 1. The van der Waals surface area contributed by atoms with Gasteiger partial charge < -0.3 is 16.6 Å². The first-order chi connectivity index (χ1) is 10.9. The minimum absolute atomic E-state index is 0.0114. The zero-order valence-corrected chi connectivity index (χ0v) is 16.0. The van der Waals surface area contributed by atoms with Crippen LogP contribution in [0.3, 0.4) is 0 Å². The lowest BCUT2D eigenvalue weighted by molar-refractivity contribution is -0.122. The molecule has 0 aliphatic heterocycles. The van der Waals surface area contributed by atoms with Gasteiger partial charge in [-0.3, -0.25) is 4.79 Å². The molecule has 4 heteroatoms. The van der Waals surface area contributed by atoms with Gasteiger partial charge in [0, 0.05) is 5.92 Å². The van der Waals surface area contributed by atoms with Gasteiger partial charge in [-0.2, -0.15) is 0 Å². The van der Waals surface area contributed by atoms with Crippen molar-refractivity contribution in [3.63, 3.8) is 0 Å². The number of rotatable bonds is 6. The average molecular weight is 335 g/mol. The van der Waals surface area contributed by atoms with Crippen LogP contribution < -0.4 is 11.5 Å². The summed E-state index contributed by atoms with van der Waals surface area (Å²) in [6.45, 7) is 12.9.